The van der Waals surface area contributed by atoms with Crippen molar-refractivity contribution in [3.05, 3.63) is 18.0 Å². The fraction of sp³-hybridized carbons (Fsp3) is 0.727. The SMILES string of the molecule is CCC(CC)NCc1cnn(CCO)c1. The summed E-state index contributed by atoms with van der Waals surface area (Å²) in [6.07, 6.45) is 6.14. The lowest BCUT2D eigenvalue weighted by Crippen LogP contribution is -2.26. The molecule has 0 radical (unpaired) electrons. The second-order valence-electron chi connectivity index (χ2n) is 3.73. The van der Waals surface area contributed by atoms with Gasteiger partial charge in [-0.3, -0.25) is 4.68 Å². The standard InChI is InChI=1S/C11H21N3O/c1-3-11(4-2)12-7-10-8-13-14(9-10)5-6-15/h8-9,11-12,15H,3-7H2,1-2H3. The third-order valence-electron chi connectivity index (χ3n) is 2.60. The zero-order chi connectivity index (χ0) is 11.1. The van der Waals surface area contributed by atoms with Crippen molar-refractivity contribution in [1.29, 1.82) is 0 Å². The molecule has 1 heterocycles. The van der Waals surface area contributed by atoms with Crippen LogP contribution in [0.1, 0.15) is 32.3 Å². The summed E-state index contributed by atoms with van der Waals surface area (Å²) in [5.41, 5.74) is 1.18. The highest BCUT2D eigenvalue weighted by molar-refractivity contribution is 5.03. The monoisotopic (exact) mass is 211 g/mol. The van der Waals surface area contributed by atoms with Gasteiger partial charge < -0.3 is 10.4 Å². The van der Waals surface area contributed by atoms with Crippen molar-refractivity contribution in [3.8, 4) is 0 Å². The number of rotatable bonds is 7. The normalized spacial score (nSPS) is 11.2. The molecule has 0 unspecified atom stereocenters. The highest BCUT2D eigenvalue weighted by Gasteiger charge is 2.03. The van der Waals surface area contributed by atoms with Crippen LogP contribution in [-0.4, -0.2) is 27.5 Å². The lowest BCUT2D eigenvalue weighted by molar-refractivity contribution is 0.269. The van der Waals surface area contributed by atoms with Gasteiger partial charge in [0.25, 0.3) is 0 Å². The van der Waals surface area contributed by atoms with Crippen LogP contribution in [0.2, 0.25) is 0 Å². The summed E-state index contributed by atoms with van der Waals surface area (Å²) in [5.74, 6) is 0. The molecule has 1 aromatic rings. The molecule has 0 saturated carbocycles. The van der Waals surface area contributed by atoms with E-state index in [9.17, 15) is 0 Å². The van der Waals surface area contributed by atoms with Gasteiger partial charge >= 0.3 is 0 Å². The van der Waals surface area contributed by atoms with Crippen LogP contribution in [0.5, 0.6) is 0 Å². The summed E-state index contributed by atoms with van der Waals surface area (Å²) in [7, 11) is 0. The Morgan fingerprint density at radius 3 is 2.80 bits per heavy atom. The smallest absolute Gasteiger partial charge is 0.0640 e. The number of hydrogen-bond acceptors (Lipinski definition) is 3. The highest BCUT2D eigenvalue weighted by Crippen LogP contribution is 2.01. The third kappa shape index (κ3) is 4.01. The molecule has 0 bridgehead atoms. The molecule has 0 amide bonds. The molecule has 4 heteroatoms. The molecule has 0 aliphatic heterocycles. The Kier molecular flexibility index (Phi) is 5.36. The molecule has 1 aromatic heterocycles. The maximum absolute atomic E-state index is 8.75. The summed E-state index contributed by atoms with van der Waals surface area (Å²) in [5, 5.41) is 16.4. The van der Waals surface area contributed by atoms with Gasteiger partial charge in [-0.25, -0.2) is 0 Å². The van der Waals surface area contributed by atoms with Gasteiger partial charge in [0.05, 0.1) is 19.3 Å². The fourth-order valence-electron chi connectivity index (χ4n) is 1.56. The summed E-state index contributed by atoms with van der Waals surface area (Å²) in [6, 6.07) is 0.589. The Labute approximate surface area is 91.3 Å². The highest BCUT2D eigenvalue weighted by atomic mass is 16.3. The molecule has 86 valence electrons. The minimum atomic E-state index is 0.140. The molecule has 0 atom stereocenters. The minimum absolute atomic E-state index is 0.140. The summed E-state index contributed by atoms with van der Waals surface area (Å²) >= 11 is 0. The van der Waals surface area contributed by atoms with E-state index < -0.39 is 0 Å². The van der Waals surface area contributed by atoms with E-state index in [1.165, 1.54) is 5.56 Å². The van der Waals surface area contributed by atoms with Crippen molar-refractivity contribution in [2.45, 2.75) is 45.8 Å². The number of aliphatic hydroxyl groups is 1. The maximum Gasteiger partial charge on any atom is 0.0640 e. The van der Waals surface area contributed by atoms with E-state index >= 15 is 0 Å². The van der Waals surface area contributed by atoms with Crippen LogP contribution in [0.15, 0.2) is 12.4 Å². The molecule has 0 fully saturated rings. The predicted octanol–water partition coefficient (Wildman–Crippen LogP) is 1.15. The van der Waals surface area contributed by atoms with Crippen molar-refractivity contribution >= 4 is 0 Å². The van der Waals surface area contributed by atoms with Crippen molar-refractivity contribution in [2.24, 2.45) is 0 Å². The average molecular weight is 211 g/mol. The van der Waals surface area contributed by atoms with Crippen molar-refractivity contribution in [1.82, 2.24) is 15.1 Å². The lowest BCUT2D eigenvalue weighted by Gasteiger charge is -2.13. The van der Waals surface area contributed by atoms with E-state index in [4.69, 9.17) is 5.11 Å². The van der Waals surface area contributed by atoms with Crippen LogP contribution >= 0.6 is 0 Å². The average Bonchev–Trinajstić information content (AvgIpc) is 2.68. The van der Waals surface area contributed by atoms with E-state index in [1.54, 1.807) is 4.68 Å². The number of aromatic nitrogens is 2. The summed E-state index contributed by atoms with van der Waals surface area (Å²) in [6.45, 7) is 5.95. The van der Waals surface area contributed by atoms with E-state index in [0.29, 0.717) is 12.6 Å². The van der Waals surface area contributed by atoms with Gasteiger partial charge in [0.2, 0.25) is 0 Å². The van der Waals surface area contributed by atoms with Gasteiger partial charge in [-0.2, -0.15) is 5.10 Å². The Hall–Kier alpha value is -0.870. The van der Waals surface area contributed by atoms with E-state index in [0.717, 1.165) is 19.4 Å². The van der Waals surface area contributed by atoms with Crippen LogP contribution in [0.4, 0.5) is 0 Å². The second-order valence-corrected chi connectivity index (χ2v) is 3.73. The molecule has 0 aliphatic rings. The molecule has 0 aromatic carbocycles. The molecule has 2 N–H and O–H groups in total. The van der Waals surface area contributed by atoms with Crippen LogP contribution < -0.4 is 5.32 Å². The Morgan fingerprint density at radius 2 is 2.20 bits per heavy atom. The summed E-state index contributed by atoms with van der Waals surface area (Å²) in [4.78, 5) is 0. The molecular weight excluding hydrogens is 190 g/mol. The van der Waals surface area contributed by atoms with Gasteiger partial charge in [-0.05, 0) is 12.8 Å². The Bertz CT molecular complexity index is 269. The van der Waals surface area contributed by atoms with Gasteiger partial charge in [-0.1, -0.05) is 13.8 Å². The first kappa shape index (κ1) is 12.2. The van der Waals surface area contributed by atoms with Crippen LogP contribution in [0, 0.1) is 0 Å². The topological polar surface area (TPSA) is 50.1 Å². The van der Waals surface area contributed by atoms with Crippen molar-refractivity contribution in [2.75, 3.05) is 6.61 Å². The first-order valence-electron chi connectivity index (χ1n) is 5.65. The fourth-order valence-corrected chi connectivity index (χ4v) is 1.56. The largest absolute Gasteiger partial charge is 0.394 e. The Morgan fingerprint density at radius 1 is 1.47 bits per heavy atom. The molecule has 1 rings (SSSR count). The number of aliphatic hydroxyl groups excluding tert-OH is 1. The number of nitrogens with one attached hydrogen (secondary N) is 1. The third-order valence-corrected chi connectivity index (χ3v) is 2.60. The molecular formula is C11H21N3O. The van der Waals surface area contributed by atoms with E-state index in [-0.39, 0.29) is 6.61 Å². The Balaban J connectivity index is 2.36. The zero-order valence-corrected chi connectivity index (χ0v) is 9.61. The van der Waals surface area contributed by atoms with Gasteiger partial charge in [-0.15, -0.1) is 0 Å². The molecule has 0 aliphatic carbocycles. The van der Waals surface area contributed by atoms with Crippen molar-refractivity contribution < 1.29 is 5.11 Å². The van der Waals surface area contributed by atoms with Crippen LogP contribution in [0.3, 0.4) is 0 Å². The van der Waals surface area contributed by atoms with Crippen LogP contribution in [-0.2, 0) is 13.1 Å². The summed E-state index contributed by atoms with van der Waals surface area (Å²) < 4.78 is 1.77. The number of hydrogen-bond donors (Lipinski definition) is 2. The van der Waals surface area contributed by atoms with Gasteiger partial charge in [0, 0.05) is 24.3 Å². The van der Waals surface area contributed by atoms with Gasteiger partial charge in [0.15, 0.2) is 0 Å². The van der Waals surface area contributed by atoms with E-state index in [2.05, 4.69) is 24.3 Å². The lowest BCUT2D eigenvalue weighted by atomic mass is 10.1. The first-order valence-corrected chi connectivity index (χ1v) is 5.65. The molecule has 15 heavy (non-hydrogen) atoms. The second kappa shape index (κ2) is 6.58. The molecule has 0 saturated heterocycles. The van der Waals surface area contributed by atoms with Crippen LogP contribution in [0.25, 0.3) is 0 Å². The van der Waals surface area contributed by atoms with Crippen molar-refractivity contribution in [3.63, 3.8) is 0 Å². The van der Waals surface area contributed by atoms with E-state index in [1.807, 2.05) is 12.4 Å². The first-order chi connectivity index (χ1) is 7.30. The maximum atomic E-state index is 8.75. The quantitative estimate of drug-likeness (QED) is 0.711. The minimum Gasteiger partial charge on any atom is -0.394 e. The molecule has 4 nitrogen and oxygen atoms in total. The van der Waals surface area contributed by atoms with Gasteiger partial charge in [0.1, 0.15) is 0 Å². The molecule has 0 spiro atoms. The number of nitrogens with zero attached hydrogens (tertiary/aromatic N) is 2. The predicted molar refractivity (Wildman–Crippen MR) is 60.5 cm³/mol. The zero-order valence-electron chi connectivity index (χ0n) is 9.61.